The Morgan fingerprint density at radius 1 is 1.69 bits per heavy atom. The number of aldehydes is 1. The Labute approximate surface area is 100 Å². The Kier molecular flexibility index (Phi) is 3.61. The monoisotopic (exact) mass is 241 g/mol. The van der Waals surface area contributed by atoms with Gasteiger partial charge in [-0.15, -0.1) is 0 Å². The zero-order chi connectivity index (χ0) is 11.5. The summed E-state index contributed by atoms with van der Waals surface area (Å²) in [5.41, 5.74) is 0. The molecule has 16 heavy (non-hydrogen) atoms. The molecule has 1 aromatic heterocycles. The lowest BCUT2D eigenvalue weighted by Gasteiger charge is -2.29. The van der Waals surface area contributed by atoms with E-state index in [1.165, 1.54) is 0 Å². The maximum absolute atomic E-state index is 10.8. The van der Waals surface area contributed by atoms with E-state index >= 15 is 0 Å². The number of hydrogen-bond acceptors (Lipinski definition) is 3. The van der Waals surface area contributed by atoms with Gasteiger partial charge in [0.2, 0.25) is 0 Å². The SMILES string of the molecule is Cn1c(Cl)cnc1CN1CCCC(C=O)C1. The fourth-order valence-electron chi connectivity index (χ4n) is 2.12. The predicted molar refractivity (Wildman–Crippen MR) is 62.3 cm³/mol. The van der Waals surface area contributed by atoms with Crippen LogP contribution in [0.25, 0.3) is 0 Å². The molecular weight excluding hydrogens is 226 g/mol. The van der Waals surface area contributed by atoms with Gasteiger partial charge in [-0.25, -0.2) is 4.98 Å². The normalized spacial score (nSPS) is 22.2. The third-order valence-electron chi connectivity index (χ3n) is 3.13. The highest BCUT2D eigenvalue weighted by Gasteiger charge is 2.20. The molecule has 1 unspecified atom stereocenters. The number of aromatic nitrogens is 2. The summed E-state index contributed by atoms with van der Waals surface area (Å²) in [6.07, 6.45) is 4.83. The predicted octanol–water partition coefficient (Wildman–Crippen LogP) is 1.48. The van der Waals surface area contributed by atoms with Gasteiger partial charge in [0.05, 0.1) is 12.7 Å². The van der Waals surface area contributed by atoms with E-state index in [-0.39, 0.29) is 5.92 Å². The first kappa shape index (κ1) is 11.6. The van der Waals surface area contributed by atoms with Crippen molar-refractivity contribution in [1.82, 2.24) is 14.5 Å². The van der Waals surface area contributed by atoms with Crippen LogP contribution in [0.2, 0.25) is 5.15 Å². The molecule has 0 bridgehead atoms. The van der Waals surface area contributed by atoms with E-state index in [0.717, 1.165) is 44.6 Å². The molecule has 0 N–H and O–H groups in total. The largest absolute Gasteiger partial charge is 0.321 e. The lowest BCUT2D eigenvalue weighted by molar-refractivity contribution is -0.112. The first-order chi connectivity index (χ1) is 7.70. The number of imidazole rings is 1. The van der Waals surface area contributed by atoms with Crippen molar-refractivity contribution >= 4 is 17.9 Å². The molecule has 0 radical (unpaired) electrons. The Balaban J connectivity index is 1.99. The molecule has 1 fully saturated rings. The molecule has 4 nitrogen and oxygen atoms in total. The number of nitrogens with zero attached hydrogens (tertiary/aromatic N) is 3. The van der Waals surface area contributed by atoms with Gasteiger partial charge in [-0.3, -0.25) is 4.90 Å². The highest BCUT2D eigenvalue weighted by atomic mass is 35.5. The van der Waals surface area contributed by atoms with Crippen molar-refractivity contribution in [1.29, 1.82) is 0 Å². The fraction of sp³-hybridized carbons (Fsp3) is 0.636. The van der Waals surface area contributed by atoms with Crippen molar-refractivity contribution < 1.29 is 4.79 Å². The minimum absolute atomic E-state index is 0.185. The van der Waals surface area contributed by atoms with Gasteiger partial charge >= 0.3 is 0 Å². The number of rotatable bonds is 3. The maximum atomic E-state index is 10.8. The second-order valence-electron chi connectivity index (χ2n) is 4.33. The van der Waals surface area contributed by atoms with Crippen LogP contribution in [0.1, 0.15) is 18.7 Å². The molecule has 2 heterocycles. The van der Waals surface area contributed by atoms with Crippen molar-refractivity contribution in [3.05, 3.63) is 17.2 Å². The van der Waals surface area contributed by atoms with Gasteiger partial charge in [0.1, 0.15) is 17.3 Å². The van der Waals surface area contributed by atoms with Crippen LogP contribution in [0, 0.1) is 5.92 Å². The van der Waals surface area contributed by atoms with E-state index in [1.54, 1.807) is 6.20 Å². The van der Waals surface area contributed by atoms with E-state index in [4.69, 9.17) is 11.6 Å². The van der Waals surface area contributed by atoms with Crippen LogP contribution in [0.3, 0.4) is 0 Å². The van der Waals surface area contributed by atoms with Gasteiger partial charge in [-0.05, 0) is 19.4 Å². The molecule has 0 amide bonds. The third kappa shape index (κ3) is 2.44. The molecule has 2 rings (SSSR count). The second-order valence-corrected chi connectivity index (χ2v) is 4.72. The summed E-state index contributed by atoms with van der Waals surface area (Å²) in [6.45, 7) is 2.65. The van der Waals surface area contributed by atoms with E-state index in [2.05, 4.69) is 9.88 Å². The molecule has 1 aromatic rings. The van der Waals surface area contributed by atoms with Crippen LogP contribution < -0.4 is 0 Å². The third-order valence-corrected chi connectivity index (χ3v) is 3.48. The zero-order valence-electron chi connectivity index (χ0n) is 9.40. The van der Waals surface area contributed by atoms with Gasteiger partial charge in [0.25, 0.3) is 0 Å². The highest BCUT2D eigenvalue weighted by Crippen LogP contribution is 2.17. The lowest BCUT2D eigenvalue weighted by Crippen LogP contribution is -2.36. The van der Waals surface area contributed by atoms with E-state index in [9.17, 15) is 4.79 Å². The Morgan fingerprint density at radius 2 is 2.50 bits per heavy atom. The van der Waals surface area contributed by atoms with Gasteiger partial charge in [0, 0.05) is 19.5 Å². The van der Waals surface area contributed by atoms with Gasteiger partial charge < -0.3 is 9.36 Å². The van der Waals surface area contributed by atoms with Crippen molar-refractivity contribution in [2.45, 2.75) is 19.4 Å². The summed E-state index contributed by atoms with van der Waals surface area (Å²) in [4.78, 5) is 17.3. The molecule has 0 aromatic carbocycles. The molecule has 0 saturated carbocycles. The second kappa shape index (κ2) is 4.97. The zero-order valence-corrected chi connectivity index (χ0v) is 10.2. The number of likely N-dealkylation sites (tertiary alicyclic amines) is 1. The first-order valence-electron chi connectivity index (χ1n) is 5.54. The Hall–Kier alpha value is -0.870. The summed E-state index contributed by atoms with van der Waals surface area (Å²) >= 11 is 5.93. The van der Waals surface area contributed by atoms with E-state index in [1.807, 2.05) is 11.6 Å². The lowest BCUT2D eigenvalue weighted by atomic mass is 10.00. The van der Waals surface area contributed by atoms with Crippen LogP contribution in [0.5, 0.6) is 0 Å². The number of carbonyl (C=O) groups is 1. The molecular formula is C11H16ClN3O. The van der Waals surface area contributed by atoms with Gasteiger partial charge in [-0.1, -0.05) is 11.6 Å². The van der Waals surface area contributed by atoms with E-state index in [0.29, 0.717) is 5.15 Å². The quantitative estimate of drug-likeness (QED) is 0.753. The topological polar surface area (TPSA) is 38.1 Å². The first-order valence-corrected chi connectivity index (χ1v) is 5.92. The van der Waals surface area contributed by atoms with Crippen LogP contribution >= 0.6 is 11.6 Å². The molecule has 5 heteroatoms. The molecule has 1 aliphatic heterocycles. The molecule has 0 aliphatic carbocycles. The number of halogens is 1. The average molecular weight is 242 g/mol. The number of piperidine rings is 1. The summed E-state index contributed by atoms with van der Waals surface area (Å²) in [5, 5.41) is 0.652. The van der Waals surface area contributed by atoms with Crippen LogP contribution in [0.4, 0.5) is 0 Å². The summed E-state index contributed by atoms with van der Waals surface area (Å²) in [5.74, 6) is 1.14. The van der Waals surface area contributed by atoms with Gasteiger partial charge in [0.15, 0.2) is 0 Å². The minimum Gasteiger partial charge on any atom is -0.321 e. The van der Waals surface area contributed by atoms with E-state index < -0.39 is 0 Å². The molecule has 1 atom stereocenters. The molecule has 1 aliphatic rings. The standard InChI is InChI=1S/C11H16ClN3O/c1-14-10(12)5-13-11(14)7-15-4-2-3-9(6-15)8-16/h5,8-9H,2-4,6-7H2,1H3. The molecule has 0 spiro atoms. The van der Waals surface area contributed by atoms with Gasteiger partial charge in [-0.2, -0.15) is 0 Å². The maximum Gasteiger partial charge on any atom is 0.128 e. The van der Waals surface area contributed by atoms with Crippen molar-refractivity contribution in [3.63, 3.8) is 0 Å². The van der Waals surface area contributed by atoms with Crippen LogP contribution in [-0.2, 0) is 18.4 Å². The van der Waals surface area contributed by atoms with Crippen molar-refractivity contribution in [3.8, 4) is 0 Å². The summed E-state index contributed by atoms with van der Waals surface area (Å²) < 4.78 is 1.88. The average Bonchev–Trinajstić information content (AvgIpc) is 2.61. The molecule has 1 saturated heterocycles. The van der Waals surface area contributed by atoms with Crippen LogP contribution in [-0.4, -0.2) is 33.8 Å². The number of carbonyl (C=O) groups excluding carboxylic acids is 1. The minimum atomic E-state index is 0.185. The molecule has 88 valence electrons. The fourth-order valence-corrected chi connectivity index (χ4v) is 2.26. The Morgan fingerprint density at radius 3 is 3.12 bits per heavy atom. The summed E-state index contributed by atoms with van der Waals surface area (Å²) in [6, 6.07) is 0. The van der Waals surface area contributed by atoms with Crippen molar-refractivity contribution in [2.24, 2.45) is 13.0 Å². The van der Waals surface area contributed by atoms with Crippen LogP contribution in [0.15, 0.2) is 6.20 Å². The Bertz CT molecular complexity index is 377. The smallest absolute Gasteiger partial charge is 0.128 e. The number of hydrogen-bond donors (Lipinski definition) is 0. The summed E-state index contributed by atoms with van der Waals surface area (Å²) in [7, 11) is 1.91. The highest BCUT2D eigenvalue weighted by molar-refractivity contribution is 6.29. The van der Waals surface area contributed by atoms with Crippen molar-refractivity contribution in [2.75, 3.05) is 13.1 Å².